The van der Waals surface area contributed by atoms with E-state index in [4.69, 9.17) is 5.73 Å². The number of hydrogen-bond donors (Lipinski definition) is 2. The van der Waals surface area contributed by atoms with E-state index in [1.807, 2.05) is 24.3 Å². The van der Waals surface area contributed by atoms with Crippen LogP contribution in [-0.2, 0) is 21.4 Å². The molecule has 3 rings (SSSR count). The van der Waals surface area contributed by atoms with Gasteiger partial charge < -0.3 is 11.1 Å². The molecular weight excluding hydrogens is 416 g/mol. The summed E-state index contributed by atoms with van der Waals surface area (Å²) in [5.41, 5.74) is 7.70. The Labute approximate surface area is 183 Å². The number of nitrogens with two attached hydrogens (primary N) is 1. The summed E-state index contributed by atoms with van der Waals surface area (Å²) in [5, 5.41) is 16.2. The Hall–Kier alpha value is -2.74. The molecule has 1 fully saturated rings. The van der Waals surface area contributed by atoms with Gasteiger partial charge in [-0.05, 0) is 24.0 Å². The average Bonchev–Trinajstić information content (AvgIpc) is 3.25. The highest BCUT2D eigenvalue weighted by Crippen LogP contribution is 2.26. The smallest absolute Gasteiger partial charge is 0.322 e. The van der Waals surface area contributed by atoms with E-state index in [-0.39, 0.29) is 5.91 Å². The molecule has 1 aliphatic rings. The molecule has 9 nitrogen and oxygen atoms in total. The molecule has 0 radical (unpaired) electrons. The molecule has 2 aromatic rings. The normalized spacial score (nSPS) is 17.1. The van der Waals surface area contributed by atoms with Gasteiger partial charge in [-0.25, -0.2) is 0 Å². The van der Waals surface area contributed by atoms with Crippen LogP contribution < -0.4 is 11.1 Å². The summed E-state index contributed by atoms with van der Waals surface area (Å²) in [4.78, 5) is 12.6. The Kier molecular flexibility index (Phi) is 6.79. The lowest BCUT2D eigenvalue weighted by Crippen LogP contribution is -2.57. The number of rotatable bonds is 7. The highest BCUT2D eigenvalue weighted by Gasteiger charge is 2.36. The quantitative estimate of drug-likeness (QED) is 0.663. The Balaban J connectivity index is 1.67. The van der Waals surface area contributed by atoms with Crippen molar-refractivity contribution in [2.24, 2.45) is 5.73 Å². The van der Waals surface area contributed by atoms with Crippen LogP contribution in [-0.4, -0.2) is 53.5 Å². The number of aromatic nitrogens is 2. The third-order valence-corrected chi connectivity index (χ3v) is 7.24. The fourth-order valence-corrected chi connectivity index (χ4v) is 4.40. The fraction of sp³-hybridized carbons (Fsp3) is 0.476. The molecule has 1 aromatic heterocycles. The molecule has 1 heterocycles. The number of carbonyl (C=O) groups excluding carboxylic acids is 1. The Morgan fingerprint density at radius 2 is 1.90 bits per heavy atom. The van der Waals surface area contributed by atoms with Gasteiger partial charge in [0, 0.05) is 26.1 Å². The molecule has 1 atom stereocenters. The van der Waals surface area contributed by atoms with E-state index in [0.717, 1.165) is 38.8 Å². The van der Waals surface area contributed by atoms with Gasteiger partial charge in [0.15, 0.2) is 0 Å². The number of benzene rings is 1. The Morgan fingerprint density at radius 3 is 2.48 bits per heavy atom. The number of hydrogen-bond acceptors (Lipinski definition) is 6. The maximum absolute atomic E-state index is 12.6. The van der Waals surface area contributed by atoms with Crippen LogP contribution in [0.1, 0.15) is 37.7 Å². The lowest BCUT2D eigenvalue weighted by atomic mass is 9.81. The molecular formula is C21H28N6O3S. The Morgan fingerprint density at radius 1 is 1.26 bits per heavy atom. The van der Waals surface area contributed by atoms with Crippen LogP contribution in [0.4, 0.5) is 0 Å². The molecule has 0 bridgehead atoms. The molecule has 166 valence electrons. The van der Waals surface area contributed by atoms with E-state index in [2.05, 4.69) is 16.5 Å². The molecule has 0 saturated heterocycles. The van der Waals surface area contributed by atoms with Crippen molar-refractivity contribution in [3.8, 4) is 17.2 Å². The lowest BCUT2D eigenvalue weighted by molar-refractivity contribution is -0.127. The topological polar surface area (TPSA) is 134 Å². The minimum Gasteiger partial charge on any atom is -0.338 e. The van der Waals surface area contributed by atoms with Crippen molar-refractivity contribution >= 4 is 16.1 Å². The van der Waals surface area contributed by atoms with E-state index < -0.39 is 21.8 Å². The first-order valence-corrected chi connectivity index (χ1v) is 11.6. The van der Waals surface area contributed by atoms with Crippen LogP contribution in [0.3, 0.4) is 0 Å². The maximum Gasteiger partial charge on any atom is 0.322 e. The lowest BCUT2D eigenvalue weighted by Gasteiger charge is -2.32. The zero-order valence-corrected chi connectivity index (χ0v) is 18.6. The van der Waals surface area contributed by atoms with Crippen molar-refractivity contribution in [1.29, 1.82) is 5.26 Å². The largest absolute Gasteiger partial charge is 0.338 e. The predicted molar refractivity (Wildman–Crippen MR) is 117 cm³/mol. The molecule has 10 heteroatoms. The van der Waals surface area contributed by atoms with Gasteiger partial charge in [-0.2, -0.15) is 27.2 Å². The summed E-state index contributed by atoms with van der Waals surface area (Å²) < 4.78 is 26.3. The zero-order chi connectivity index (χ0) is 22.6. The summed E-state index contributed by atoms with van der Waals surface area (Å²) >= 11 is 0. The Bertz CT molecular complexity index is 1060. The number of nitriles is 1. The standard InChI is InChI=1S/C21H28N6O3S/c1-26(2)31(29,30)27-15-18(14-24-27)17-8-6-16(7-9-17)12-19(13-22)25-20(28)21(23)10-4-3-5-11-21/h6-9,14-15,19H,3-5,10-12,23H2,1-2H3,(H,25,28)/t19-/m0/s1. The van der Waals surface area contributed by atoms with Gasteiger partial charge >= 0.3 is 10.2 Å². The molecule has 0 spiro atoms. The van der Waals surface area contributed by atoms with E-state index in [0.29, 0.717) is 24.8 Å². The molecule has 1 amide bonds. The highest BCUT2D eigenvalue weighted by molar-refractivity contribution is 7.87. The molecule has 1 aliphatic carbocycles. The maximum atomic E-state index is 12.6. The van der Waals surface area contributed by atoms with Crippen molar-refractivity contribution < 1.29 is 13.2 Å². The van der Waals surface area contributed by atoms with Gasteiger partial charge in [-0.3, -0.25) is 4.79 Å². The van der Waals surface area contributed by atoms with Crippen LogP contribution in [0, 0.1) is 11.3 Å². The summed E-state index contributed by atoms with van der Waals surface area (Å²) in [7, 11) is -0.783. The minimum atomic E-state index is -3.67. The number of carbonyl (C=O) groups is 1. The predicted octanol–water partition coefficient (Wildman–Crippen LogP) is 1.42. The number of nitrogens with one attached hydrogen (secondary N) is 1. The first kappa shape index (κ1) is 22.9. The van der Waals surface area contributed by atoms with E-state index in [1.54, 1.807) is 0 Å². The van der Waals surface area contributed by atoms with Crippen LogP contribution >= 0.6 is 0 Å². The third-order valence-electron chi connectivity index (χ3n) is 5.64. The summed E-state index contributed by atoms with van der Waals surface area (Å²) in [6.07, 6.45) is 7.51. The van der Waals surface area contributed by atoms with Gasteiger partial charge in [0.2, 0.25) is 5.91 Å². The molecule has 1 saturated carbocycles. The first-order valence-electron chi connectivity index (χ1n) is 10.2. The fourth-order valence-electron chi connectivity index (χ4n) is 3.66. The first-order chi connectivity index (χ1) is 14.7. The second-order valence-electron chi connectivity index (χ2n) is 8.16. The van der Waals surface area contributed by atoms with Gasteiger partial charge in [-0.15, -0.1) is 0 Å². The van der Waals surface area contributed by atoms with Gasteiger partial charge in [-0.1, -0.05) is 43.5 Å². The van der Waals surface area contributed by atoms with Gasteiger partial charge in [0.05, 0.1) is 24.0 Å². The number of amides is 1. The van der Waals surface area contributed by atoms with E-state index in [9.17, 15) is 18.5 Å². The molecule has 31 heavy (non-hydrogen) atoms. The number of nitrogens with zero attached hydrogens (tertiary/aromatic N) is 4. The van der Waals surface area contributed by atoms with Gasteiger partial charge in [0.25, 0.3) is 0 Å². The minimum absolute atomic E-state index is 0.259. The van der Waals surface area contributed by atoms with Crippen molar-refractivity contribution in [3.63, 3.8) is 0 Å². The van der Waals surface area contributed by atoms with Crippen LogP contribution in [0.2, 0.25) is 0 Å². The summed E-state index contributed by atoms with van der Waals surface area (Å²) in [5.74, 6) is -0.259. The van der Waals surface area contributed by atoms with Crippen molar-refractivity contribution in [2.45, 2.75) is 50.1 Å². The van der Waals surface area contributed by atoms with Crippen molar-refractivity contribution in [1.82, 2.24) is 18.8 Å². The van der Waals surface area contributed by atoms with Crippen molar-refractivity contribution in [2.75, 3.05) is 14.1 Å². The molecule has 0 unspecified atom stereocenters. The monoisotopic (exact) mass is 444 g/mol. The second-order valence-corrected chi connectivity index (χ2v) is 10.2. The highest BCUT2D eigenvalue weighted by atomic mass is 32.2. The van der Waals surface area contributed by atoms with Gasteiger partial charge in [0.1, 0.15) is 6.04 Å². The molecule has 0 aliphatic heterocycles. The summed E-state index contributed by atoms with van der Waals surface area (Å²) in [6, 6.07) is 8.84. The summed E-state index contributed by atoms with van der Waals surface area (Å²) in [6.45, 7) is 0. The van der Waals surface area contributed by atoms with Crippen LogP contribution in [0.15, 0.2) is 36.7 Å². The molecule has 3 N–H and O–H groups in total. The van der Waals surface area contributed by atoms with E-state index in [1.165, 1.54) is 26.5 Å². The second kappa shape index (κ2) is 9.18. The molecule has 1 aromatic carbocycles. The van der Waals surface area contributed by atoms with E-state index >= 15 is 0 Å². The SMILES string of the molecule is CN(C)S(=O)(=O)n1cc(-c2ccc(C[C@@H](C#N)NC(=O)C3(N)CCCCC3)cc2)cn1. The average molecular weight is 445 g/mol. The van der Waals surface area contributed by atoms with Crippen LogP contribution in [0.5, 0.6) is 0 Å². The van der Waals surface area contributed by atoms with Crippen LogP contribution in [0.25, 0.3) is 11.1 Å². The van der Waals surface area contributed by atoms with Crippen molar-refractivity contribution in [3.05, 3.63) is 42.2 Å². The zero-order valence-electron chi connectivity index (χ0n) is 17.8. The third kappa shape index (κ3) is 5.12.